The number of nitriles is 1. The summed E-state index contributed by atoms with van der Waals surface area (Å²) >= 11 is 0. The number of nitrogens with zero attached hydrogens (tertiary/aromatic N) is 2. The van der Waals surface area contributed by atoms with Gasteiger partial charge >= 0.3 is 0 Å². The molecule has 1 fully saturated rings. The van der Waals surface area contributed by atoms with E-state index in [9.17, 15) is 5.26 Å². The second kappa shape index (κ2) is 6.03. The largest absolute Gasteiger partial charge is 0.380 e. The van der Waals surface area contributed by atoms with Crippen molar-refractivity contribution in [2.45, 2.75) is 45.6 Å². The maximum atomic E-state index is 9.28. The summed E-state index contributed by atoms with van der Waals surface area (Å²) in [6.07, 6.45) is 5.06. The van der Waals surface area contributed by atoms with Crippen molar-refractivity contribution in [1.29, 1.82) is 5.26 Å². The third-order valence-corrected chi connectivity index (χ3v) is 4.00. The van der Waals surface area contributed by atoms with Crippen LogP contribution in [-0.2, 0) is 0 Å². The molecular weight excluding hydrogens is 236 g/mol. The SMILES string of the molecule is Cc1cc(NC(CN)C2CCCC2)c(C#N)c(C)n1. The zero-order chi connectivity index (χ0) is 13.8. The van der Waals surface area contributed by atoms with Gasteiger partial charge < -0.3 is 11.1 Å². The lowest BCUT2D eigenvalue weighted by Gasteiger charge is -2.25. The van der Waals surface area contributed by atoms with Gasteiger partial charge in [0.2, 0.25) is 0 Å². The van der Waals surface area contributed by atoms with Crippen LogP contribution in [0.25, 0.3) is 0 Å². The highest BCUT2D eigenvalue weighted by Gasteiger charge is 2.24. The molecule has 1 atom stereocenters. The summed E-state index contributed by atoms with van der Waals surface area (Å²) in [6, 6.07) is 4.45. The third-order valence-electron chi connectivity index (χ3n) is 4.00. The maximum absolute atomic E-state index is 9.28. The number of nitrogens with one attached hydrogen (secondary N) is 1. The molecule has 3 N–H and O–H groups in total. The van der Waals surface area contributed by atoms with Crippen LogP contribution in [0.1, 0.15) is 42.6 Å². The van der Waals surface area contributed by atoms with Crippen molar-refractivity contribution in [2.24, 2.45) is 11.7 Å². The molecular formula is C15H22N4. The summed E-state index contributed by atoms with van der Waals surface area (Å²) in [5.74, 6) is 0.630. The van der Waals surface area contributed by atoms with Gasteiger partial charge in [-0.15, -0.1) is 0 Å². The van der Waals surface area contributed by atoms with E-state index in [1.807, 2.05) is 19.9 Å². The molecule has 0 saturated heterocycles. The van der Waals surface area contributed by atoms with E-state index in [2.05, 4.69) is 16.4 Å². The summed E-state index contributed by atoms with van der Waals surface area (Å²) < 4.78 is 0. The number of aromatic nitrogens is 1. The van der Waals surface area contributed by atoms with E-state index < -0.39 is 0 Å². The average Bonchev–Trinajstić information content (AvgIpc) is 2.89. The standard InChI is InChI=1S/C15H22N4/c1-10-7-14(13(8-16)11(2)18-10)19-15(9-17)12-5-3-4-6-12/h7,12,15H,3-6,9,17H2,1-2H3,(H,18,19). The predicted octanol–water partition coefficient (Wildman–Crippen LogP) is 2.50. The third kappa shape index (κ3) is 3.05. The van der Waals surface area contributed by atoms with Gasteiger partial charge in [0.25, 0.3) is 0 Å². The molecule has 1 aromatic rings. The molecule has 1 aliphatic rings. The van der Waals surface area contributed by atoms with Crippen molar-refractivity contribution in [3.63, 3.8) is 0 Å². The first kappa shape index (κ1) is 13.8. The van der Waals surface area contributed by atoms with Gasteiger partial charge in [-0.05, 0) is 38.7 Å². The summed E-state index contributed by atoms with van der Waals surface area (Å²) in [6.45, 7) is 4.44. The predicted molar refractivity (Wildman–Crippen MR) is 76.8 cm³/mol. The van der Waals surface area contributed by atoms with Crippen molar-refractivity contribution >= 4 is 5.69 Å². The number of nitrogens with two attached hydrogens (primary N) is 1. The first-order valence-corrected chi connectivity index (χ1v) is 7.00. The van der Waals surface area contributed by atoms with E-state index >= 15 is 0 Å². The van der Waals surface area contributed by atoms with Crippen LogP contribution in [0.15, 0.2) is 6.07 Å². The number of hydrogen-bond acceptors (Lipinski definition) is 4. The van der Waals surface area contributed by atoms with Gasteiger partial charge in [0.15, 0.2) is 0 Å². The Balaban J connectivity index is 2.23. The van der Waals surface area contributed by atoms with Gasteiger partial charge in [-0.25, -0.2) is 0 Å². The van der Waals surface area contributed by atoms with Crippen molar-refractivity contribution in [3.05, 3.63) is 23.0 Å². The minimum absolute atomic E-state index is 0.260. The van der Waals surface area contributed by atoms with Crippen LogP contribution in [0.3, 0.4) is 0 Å². The van der Waals surface area contributed by atoms with Crippen LogP contribution in [0, 0.1) is 31.1 Å². The van der Waals surface area contributed by atoms with E-state index in [1.165, 1.54) is 25.7 Å². The highest BCUT2D eigenvalue weighted by Crippen LogP contribution is 2.30. The van der Waals surface area contributed by atoms with Gasteiger partial charge in [0.1, 0.15) is 6.07 Å². The second-order valence-corrected chi connectivity index (χ2v) is 5.41. The van der Waals surface area contributed by atoms with Crippen LogP contribution >= 0.6 is 0 Å². The molecule has 4 heteroatoms. The zero-order valence-corrected chi connectivity index (χ0v) is 11.7. The quantitative estimate of drug-likeness (QED) is 0.870. The first-order chi connectivity index (χ1) is 9.15. The number of anilines is 1. The van der Waals surface area contributed by atoms with E-state index in [1.54, 1.807) is 0 Å². The van der Waals surface area contributed by atoms with Crippen LogP contribution in [0.2, 0.25) is 0 Å². The lowest BCUT2D eigenvalue weighted by Crippen LogP contribution is -2.35. The van der Waals surface area contributed by atoms with E-state index in [0.717, 1.165) is 17.1 Å². The van der Waals surface area contributed by atoms with Gasteiger partial charge in [-0.3, -0.25) is 4.98 Å². The van der Waals surface area contributed by atoms with Gasteiger partial charge in [0, 0.05) is 18.3 Å². The molecule has 0 aromatic carbocycles. The molecule has 102 valence electrons. The topological polar surface area (TPSA) is 74.7 Å². The molecule has 2 rings (SSSR count). The second-order valence-electron chi connectivity index (χ2n) is 5.41. The molecule has 0 amide bonds. The molecule has 4 nitrogen and oxygen atoms in total. The maximum Gasteiger partial charge on any atom is 0.103 e. The van der Waals surface area contributed by atoms with Crippen molar-refractivity contribution in [2.75, 3.05) is 11.9 Å². The van der Waals surface area contributed by atoms with Crippen molar-refractivity contribution in [1.82, 2.24) is 4.98 Å². The molecule has 0 radical (unpaired) electrons. The van der Waals surface area contributed by atoms with E-state index in [-0.39, 0.29) is 6.04 Å². The fraction of sp³-hybridized carbons (Fsp3) is 0.600. The monoisotopic (exact) mass is 258 g/mol. The smallest absolute Gasteiger partial charge is 0.103 e. The Morgan fingerprint density at radius 1 is 1.47 bits per heavy atom. The minimum Gasteiger partial charge on any atom is -0.380 e. The van der Waals surface area contributed by atoms with E-state index in [4.69, 9.17) is 5.73 Å². The number of aryl methyl sites for hydroxylation is 2. The minimum atomic E-state index is 0.260. The van der Waals surface area contributed by atoms with Gasteiger partial charge in [0.05, 0.1) is 16.9 Å². The molecule has 1 aliphatic carbocycles. The Bertz CT molecular complexity index is 484. The Morgan fingerprint density at radius 2 is 2.16 bits per heavy atom. The Kier molecular flexibility index (Phi) is 4.39. The number of rotatable bonds is 4. The number of hydrogen-bond donors (Lipinski definition) is 2. The Morgan fingerprint density at radius 3 is 2.74 bits per heavy atom. The van der Waals surface area contributed by atoms with Crippen molar-refractivity contribution < 1.29 is 0 Å². The summed E-state index contributed by atoms with van der Waals surface area (Å²) in [5, 5.41) is 12.8. The Labute approximate surface area is 115 Å². The van der Waals surface area contributed by atoms with Gasteiger partial charge in [-0.2, -0.15) is 5.26 Å². The van der Waals surface area contributed by atoms with Crippen LogP contribution in [0.5, 0.6) is 0 Å². The fourth-order valence-corrected chi connectivity index (χ4v) is 3.01. The summed E-state index contributed by atoms with van der Waals surface area (Å²) in [5.41, 5.74) is 9.15. The zero-order valence-electron chi connectivity index (χ0n) is 11.7. The average molecular weight is 258 g/mol. The number of pyridine rings is 1. The fourth-order valence-electron chi connectivity index (χ4n) is 3.01. The van der Waals surface area contributed by atoms with Crippen molar-refractivity contribution in [3.8, 4) is 6.07 Å². The first-order valence-electron chi connectivity index (χ1n) is 7.00. The lowest BCUT2D eigenvalue weighted by molar-refractivity contribution is 0.462. The molecule has 0 aliphatic heterocycles. The molecule has 1 aromatic heterocycles. The van der Waals surface area contributed by atoms with Crippen LogP contribution in [-0.4, -0.2) is 17.6 Å². The highest BCUT2D eigenvalue weighted by molar-refractivity contribution is 5.60. The normalized spacial score (nSPS) is 17.2. The molecule has 0 spiro atoms. The van der Waals surface area contributed by atoms with Gasteiger partial charge in [-0.1, -0.05) is 12.8 Å². The molecule has 1 saturated carbocycles. The van der Waals surface area contributed by atoms with Crippen LogP contribution < -0.4 is 11.1 Å². The lowest BCUT2D eigenvalue weighted by atomic mass is 9.97. The molecule has 1 heterocycles. The van der Waals surface area contributed by atoms with Crippen LogP contribution in [0.4, 0.5) is 5.69 Å². The summed E-state index contributed by atoms with van der Waals surface area (Å²) in [7, 11) is 0. The molecule has 19 heavy (non-hydrogen) atoms. The Hall–Kier alpha value is -1.60. The molecule has 0 bridgehead atoms. The highest BCUT2D eigenvalue weighted by atomic mass is 15.0. The summed E-state index contributed by atoms with van der Waals surface area (Å²) in [4.78, 5) is 4.34. The molecule has 1 unspecified atom stereocenters. The van der Waals surface area contributed by atoms with E-state index in [0.29, 0.717) is 18.0 Å².